The fourth-order valence-corrected chi connectivity index (χ4v) is 5.36. The molecule has 4 heterocycles. The molecule has 1 saturated heterocycles. The van der Waals surface area contributed by atoms with Crippen molar-refractivity contribution in [2.45, 2.75) is 52.6 Å². The Kier molecular flexibility index (Phi) is 6.35. The normalized spacial score (nSPS) is 14.5. The van der Waals surface area contributed by atoms with Crippen molar-refractivity contribution in [3.05, 3.63) is 78.0 Å². The molecule has 0 amide bonds. The Labute approximate surface area is 223 Å². The highest BCUT2D eigenvalue weighted by Crippen LogP contribution is 2.34. The number of aromatic nitrogens is 5. The van der Waals surface area contributed by atoms with Crippen LogP contribution < -0.4 is 9.64 Å². The molecular weight excluding hydrogens is 472 g/mol. The molecule has 7 nitrogen and oxygen atoms in total. The van der Waals surface area contributed by atoms with E-state index in [0.29, 0.717) is 5.92 Å². The number of nitrogens with zero attached hydrogens (tertiary/aromatic N) is 4. The molecule has 7 heteroatoms. The number of imidazole rings is 1. The highest BCUT2D eigenvalue weighted by atomic mass is 16.5. The van der Waals surface area contributed by atoms with E-state index in [9.17, 15) is 0 Å². The Morgan fingerprint density at radius 1 is 0.895 bits per heavy atom. The van der Waals surface area contributed by atoms with Crippen LogP contribution in [-0.4, -0.2) is 44.1 Å². The third-order valence-corrected chi connectivity index (χ3v) is 7.37. The van der Waals surface area contributed by atoms with Crippen molar-refractivity contribution in [3.63, 3.8) is 0 Å². The van der Waals surface area contributed by atoms with Crippen molar-refractivity contribution in [2.24, 2.45) is 0 Å². The first-order chi connectivity index (χ1) is 18.4. The third kappa shape index (κ3) is 4.76. The number of hydrogen-bond donors (Lipinski definition) is 2. The Hall–Kier alpha value is -4.13. The molecule has 3 aromatic heterocycles. The van der Waals surface area contributed by atoms with Crippen molar-refractivity contribution in [1.29, 1.82) is 0 Å². The summed E-state index contributed by atoms with van der Waals surface area (Å²) in [4.78, 5) is 23.6. The second-order valence-corrected chi connectivity index (χ2v) is 10.5. The summed E-state index contributed by atoms with van der Waals surface area (Å²) >= 11 is 0. The van der Waals surface area contributed by atoms with Crippen LogP contribution in [0.2, 0.25) is 0 Å². The molecule has 38 heavy (non-hydrogen) atoms. The molecule has 2 N–H and O–H groups in total. The smallest absolute Gasteiger partial charge is 0.143 e. The maximum Gasteiger partial charge on any atom is 0.143 e. The second-order valence-electron chi connectivity index (χ2n) is 10.5. The van der Waals surface area contributed by atoms with E-state index in [1.165, 1.54) is 5.56 Å². The van der Waals surface area contributed by atoms with Crippen LogP contribution in [0.25, 0.3) is 33.5 Å². The van der Waals surface area contributed by atoms with Gasteiger partial charge in [0, 0.05) is 30.3 Å². The molecule has 0 spiro atoms. The number of anilines is 1. The predicted molar refractivity (Wildman–Crippen MR) is 153 cm³/mol. The molecular formula is C31H34N6O. The topological polar surface area (TPSA) is 82.7 Å². The largest absolute Gasteiger partial charge is 0.491 e. The van der Waals surface area contributed by atoms with Crippen LogP contribution in [0.3, 0.4) is 0 Å². The van der Waals surface area contributed by atoms with E-state index in [0.717, 1.165) is 82.6 Å². The number of hydrogen-bond acceptors (Lipinski definition) is 5. The predicted octanol–water partition coefficient (Wildman–Crippen LogP) is 6.80. The summed E-state index contributed by atoms with van der Waals surface area (Å²) in [5, 5.41) is 1.07. The SMILES string of the molecule is Cc1ccc(-c2cc3c(N4CCC(c5nc(C)c(-c6ccc(OC(C)C)cc6)[nH]5)CC4)ncnc3[nH]2)cc1. The number of ether oxygens (including phenoxy) is 1. The van der Waals surface area contributed by atoms with Gasteiger partial charge in [-0.05, 0) is 76.4 Å². The molecule has 5 aromatic rings. The number of piperidine rings is 1. The van der Waals surface area contributed by atoms with Crippen LogP contribution in [0.15, 0.2) is 60.9 Å². The lowest BCUT2D eigenvalue weighted by Crippen LogP contribution is -2.33. The monoisotopic (exact) mass is 506 g/mol. The van der Waals surface area contributed by atoms with Gasteiger partial charge in [0.2, 0.25) is 0 Å². The second kappa shape index (κ2) is 9.97. The number of rotatable bonds is 6. The zero-order chi connectivity index (χ0) is 26.2. The number of fused-ring (bicyclic) bond motifs is 1. The van der Waals surface area contributed by atoms with Gasteiger partial charge in [-0.3, -0.25) is 0 Å². The summed E-state index contributed by atoms with van der Waals surface area (Å²) < 4.78 is 5.80. The van der Waals surface area contributed by atoms with Crippen LogP contribution in [0.1, 0.15) is 49.7 Å². The summed E-state index contributed by atoms with van der Waals surface area (Å²) in [5.74, 6) is 3.37. The van der Waals surface area contributed by atoms with Crippen molar-refractivity contribution in [1.82, 2.24) is 24.9 Å². The fraction of sp³-hybridized carbons (Fsp3) is 0.323. The average Bonchev–Trinajstić information content (AvgIpc) is 3.53. The van der Waals surface area contributed by atoms with Crippen LogP contribution in [0, 0.1) is 13.8 Å². The van der Waals surface area contributed by atoms with Crippen molar-refractivity contribution < 1.29 is 4.74 Å². The zero-order valence-corrected chi connectivity index (χ0v) is 22.5. The Morgan fingerprint density at radius 3 is 2.32 bits per heavy atom. The van der Waals surface area contributed by atoms with E-state index in [4.69, 9.17) is 14.7 Å². The first-order valence-corrected chi connectivity index (χ1v) is 13.4. The number of aromatic amines is 2. The number of H-pyrrole nitrogens is 2. The Morgan fingerprint density at radius 2 is 1.61 bits per heavy atom. The molecule has 6 rings (SSSR count). The zero-order valence-electron chi connectivity index (χ0n) is 22.5. The van der Waals surface area contributed by atoms with Gasteiger partial charge in [0.1, 0.15) is 29.4 Å². The van der Waals surface area contributed by atoms with Gasteiger partial charge in [-0.25, -0.2) is 15.0 Å². The van der Waals surface area contributed by atoms with E-state index in [2.05, 4.69) is 76.2 Å². The van der Waals surface area contributed by atoms with Gasteiger partial charge in [0.15, 0.2) is 0 Å². The Balaban J connectivity index is 1.17. The van der Waals surface area contributed by atoms with Gasteiger partial charge < -0.3 is 19.6 Å². The van der Waals surface area contributed by atoms with E-state index in [1.807, 2.05) is 26.0 Å². The highest BCUT2D eigenvalue weighted by Gasteiger charge is 2.26. The van der Waals surface area contributed by atoms with E-state index < -0.39 is 0 Å². The lowest BCUT2D eigenvalue weighted by atomic mass is 9.96. The lowest BCUT2D eigenvalue weighted by Gasteiger charge is -2.32. The molecule has 0 unspecified atom stereocenters. The standard InChI is InChI=1S/C31H34N6O/c1-19(2)38-25-11-9-23(10-12-25)28-21(4)34-29(36-28)24-13-15-37(16-14-24)31-26-17-27(35-30(26)32-18-33-31)22-7-5-20(3)6-8-22/h5-12,17-19,24H,13-16H2,1-4H3,(H,34,36)(H,32,33,35). The van der Waals surface area contributed by atoms with E-state index in [1.54, 1.807) is 6.33 Å². The van der Waals surface area contributed by atoms with Crippen molar-refractivity contribution in [3.8, 4) is 28.3 Å². The molecule has 0 radical (unpaired) electrons. The number of benzene rings is 2. The summed E-state index contributed by atoms with van der Waals surface area (Å²) in [6.07, 6.45) is 3.87. The average molecular weight is 507 g/mol. The van der Waals surface area contributed by atoms with Gasteiger partial charge in [-0.2, -0.15) is 0 Å². The molecule has 1 fully saturated rings. The van der Waals surface area contributed by atoms with E-state index >= 15 is 0 Å². The summed E-state index contributed by atoms with van der Waals surface area (Å²) in [5.41, 5.74) is 7.61. The molecule has 0 bridgehead atoms. The highest BCUT2D eigenvalue weighted by molar-refractivity contribution is 5.92. The van der Waals surface area contributed by atoms with Crippen LogP contribution in [-0.2, 0) is 0 Å². The van der Waals surface area contributed by atoms with E-state index in [-0.39, 0.29) is 6.10 Å². The number of nitrogens with one attached hydrogen (secondary N) is 2. The molecule has 0 saturated carbocycles. The van der Waals surface area contributed by atoms with Crippen LogP contribution >= 0.6 is 0 Å². The minimum atomic E-state index is 0.165. The Bertz CT molecular complexity index is 1540. The first kappa shape index (κ1) is 24.2. The van der Waals surface area contributed by atoms with Crippen molar-refractivity contribution in [2.75, 3.05) is 18.0 Å². The van der Waals surface area contributed by atoms with Crippen LogP contribution in [0.4, 0.5) is 5.82 Å². The maximum atomic E-state index is 5.80. The quantitative estimate of drug-likeness (QED) is 0.265. The molecule has 1 aliphatic heterocycles. The minimum Gasteiger partial charge on any atom is -0.491 e. The maximum absolute atomic E-state index is 5.80. The van der Waals surface area contributed by atoms with Gasteiger partial charge in [-0.1, -0.05) is 29.8 Å². The molecule has 194 valence electrons. The molecule has 0 aliphatic carbocycles. The molecule has 0 atom stereocenters. The van der Waals surface area contributed by atoms with Crippen LogP contribution in [0.5, 0.6) is 5.75 Å². The van der Waals surface area contributed by atoms with Gasteiger partial charge >= 0.3 is 0 Å². The van der Waals surface area contributed by atoms with Gasteiger partial charge in [0.05, 0.1) is 22.9 Å². The first-order valence-electron chi connectivity index (χ1n) is 13.4. The number of aryl methyl sites for hydroxylation is 2. The minimum absolute atomic E-state index is 0.165. The van der Waals surface area contributed by atoms with Gasteiger partial charge in [-0.15, -0.1) is 0 Å². The fourth-order valence-electron chi connectivity index (χ4n) is 5.36. The van der Waals surface area contributed by atoms with Crippen molar-refractivity contribution >= 4 is 16.9 Å². The lowest BCUT2D eigenvalue weighted by molar-refractivity contribution is 0.242. The third-order valence-electron chi connectivity index (χ3n) is 7.37. The summed E-state index contributed by atoms with van der Waals surface area (Å²) in [6.45, 7) is 10.1. The summed E-state index contributed by atoms with van der Waals surface area (Å²) in [7, 11) is 0. The molecule has 1 aliphatic rings. The molecule has 2 aromatic carbocycles. The summed E-state index contributed by atoms with van der Waals surface area (Å²) in [6, 6.07) is 19.0. The van der Waals surface area contributed by atoms with Gasteiger partial charge in [0.25, 0.3) is 0 Å².